The number of nitrogens with one attached hydrogen (secondary N) is 1. The van der Waals surface area contributed by atoms with Crippen LogP contribution in [0.15, 0.2) is 36.5 Å². The lowest BCUT2D eigenvalue weighted by Gasteiger charge is -2.41. The maximum atomic E-state index is 12.9. The lowest BCUT2D eigenvalue weighted by Crippen LogP contribution is -2.64. The second kappa shape index (κ2) is 32.4. The molecule has 1 aliphatic rings. The smallest absolute Gasteiger partial charge is 0.393 e. The van der Waals surface area contributed by atoms with Gasteiger partial charge in [0.2, 0.25) is 5.91 Å². The molecule has 0 aromatic carbocycles. The number of phosphoric ester groups is 1. The number of aliphatic hydroxyl groups is 7. The summed E-state index contributed by atoms with van der Waals surface area (Å²) in [5.74, 6) is -0.609. The molecular weight excluding hydrogens is 741 g/mol. The van der Waals surface area contributed by atoms with Crippen molar-refractivity contribution in [3.05, 3.63) is 36.5 Å². The van der Waals surface area contributed by atoms with Crippen LogP contribution in [-0.2, 0) is 18.4 Å². The van der Waals surface area contributed by atoms with Gasteiger partial charge in [-0.05, 0) is 44.9 Å². The fourth-order valence-electron chi connectivity index (χ4n) is 6.62. The summed E-state index contributed by atoms with van der Waals surface area (Å²) in [4.78, 5) is 23.3. The molecule has 328 valence electrons. The number of rotatable bonds is 34. The molecule has 0 aromatic heterocycles. The highest BCUT2D eigenvalue weighted by atomic mass is 31.2. The normalized spacial score (nSPS) is 24.5. The predicted molar refractivity (Wildman–Crippen MR) is 220 cm³/mol. The number of allylic oxidation sites excluding steroid dienone is 5. The Morgan fingerprint density at radius 1 is 0.625 bits per heavy atom. The zero-order valence-electron chi connectivity index (χ0n) is 34.3. The number of carbonyl (C=O) groups excluding carboxylic acids is 1. The van der Waals surface area contributed by atoms with Crippen molar-refractivity contribution in [1.29, 1.82) is 0 Å². The van der Waals surface area contributed by atoms with Gasteiger partial charge in [0.25, 0.3) is 0 Å². The fourth-order valence-corrected chi connectivity index (χ4v) is 7.59. The monoisotopic (exact) mass is 820 g/mol. The van der Waals surface area contributed by atoms with Crippen molar-refractivity contribution >= 4 is 13.7 Å². The third kappa shape index (κ3) is 24.4. The predicted octanol–water partition coefficient (Wildman–Crippen LogP) is 6.19. The molecule has 1 rings (SSSR count). The molecule has 0 aliphatic heterocycles. The molecule has 1 aliphatic carbocycles. The summed E-state index contributed by atoms with van der Waals surface area (Å²) < 4.78 is 22.8. The largest absolute Gasteiger partial charge is 0.472 e. The quantitative estimate of drug-likeness (QED) is 0.0201. The maximum absolute atomic E-state index is 12.9. The number of carbonyl (C=O) groups is 1. The number of hydrogen-bond acceptors (Lipinski definition) is 11. The van der Waals surface area contributed by atoms with Crippen molar-refractivity contribution in [3.8, 4) is 0 Å². The van der Waals surface area contributed by atoms with Gasteiger partial charge in [-0.3, -0.25) is 13.8 Å². The zero-order chi connectivity index (χ0) is 41.6. The molecule has 0 aromatic rings. The average Bonchev–Trinajstić information content (AvgIpc) is 3.17. The van der Waals surface area contributed by atoms with E-state index in [1.807, 2.05) is 0 Å². The lowest BCUT2D eigenvalue weighted by molar-refractivity contribution is -0.220. The van der Waals surface area contributed by atoms with Gasteiger partial charge < -0.3 is 46.0 Å². The van der Waals surface area contributed by atoms with Crippen LogP contribution in [0.1, 0.15) is 162 Å². The first kappa shape index (κ1) is 52.5. The van der Waals surface area contributed by atoms with E-state index < -0.39 is 75.2 Å². The summed E-state index contributed by atoms with van der Waals surface area (Å²) in [5, 5.41) is 74.2. The first-order chi connectivity index (χ1) is 26.8. The minimum atomic E-state index is -5.15. The van der Waals surface area contributed by atoms with E-state index in [-0.39, 0.29) is 6.42 Å². The number of amides is 1. The molecule has 0 bridgehead atoms. The molecule has 1 amide bonds. The first-order valence-corrected chi connectivity index (χ1v) is 23.0. The molecule has 0 radical (unpaired) electrons. The molecule has 0 heterocycles. The van der Waals surface area contributed by atoms with E-state index in [2.05, 4.69) is 43.5 Å². The molecule has 8 unspecified atom stereocenters. The van der Waals surface area contributed by atoms with E-state index in [9.17, 15) is 50.0 Å². The molecule has 9 N–H and O–H groups in total. The van der Waals surface area contributed by atoms with Crippen molar-refractivity contribution in [3.63, 3.8) is 0 Å². The van der Waals surface area contributed by atoms with Gasteiger partial charge in [0.05, 0.1) is 31.3 Å². The van der Waals surface area contributed by atoms with Crippen LogP contribution in [-0.4, -0.2) is 108 Å². The van der Waals surface area contributed by atoms with Crippen LogP contribution >= 0.6 is 7.82 Å². The van der Waals surface area contributed by atoms with Gasteiger partial charge in [-0.25, -0.2) is 4.57 Å². The molecule has 0 spiro atoms. The minimum Gasteiger partial charge on any atom is -0.393 e. The minimum absolute atomic E-state index is 0.254. The highest BCUT2D eigenvalue weighted by molar-refractivity contribution is 7.47. The van der Waals surface area contributed by atoms with Crippen LogP contribution in [0.4, 0.5) is 0 Å². The van der Waals surface area contributed by atoms with E-state index in [0.717, 1.165) is 44.9 Å². The van der Waals surface area contributed by atoms with Crippen LogP contribution in [0.2, 0.25) is 0 Å². The molecule has 8 atom stereocenters. The molecule has 14 heteroatoms. The third-order valence-corrected chi connectivity index (χ3v) is 11.2. The number of hydrogen-bond donors (Lipinski definition) is 9. The summed E-state index contributed by atoms with van der Waals surface area (Å²) in [7, 11) is -5.15. The first-order valence-electron chi connectivity index (χ1n) is 21.5. The van der Waals surface area contributed by atoms with Crippen molar-refractivity contribution < 1.29 is 59.0 Å². The van der Waals surface area contributed by atoms with E-state index in [0.29, 0.717) is 19.3 Å². The Hall–Kier alpha value is -1.48. The van der Waals surface area contributed by atoms with Crippen LogP contribution in [0.25, 0.3) is 0 Å². The fraction of sp³-hybridized carbons (Fsp3) is 0.833. The van der Waals surface area contributed by atoms with Gasteiger partial charge in [-0.1, -0.05) is 147 Å². The molecular formula is C42H78NO12P. The van der Waals surface area contributed by atoms with Crippen molar-refractivity contribution in [1.82, 2.24) is 5.32 Å². The Labute approximate surface area is 336 Å². The summed E-state index contributed by atoms with van der Waals surface area (Å²) in [6.07, 6.45) is 21.0. The summed E-state index contributed by atoms with van der Waals surface area (Å²) in [6, 6.07) is -1.26. The maximum Gasteiger partial charge on any atom is 0.472 e. The van der Waals surface area contributed by atoms with Crippen LogP contribution in [0.5, 0.6) is 0 Å². The Morgan fingerprint density at radius 2 is 1.05 bits per heavy atom. The second-order valence-corrected chi connectivity index (χ2v) is 16.8. The van der Waals surface area contributed by atoms with Crippen molar-refractivity contribution in [2.24, 2.45) is 0 Å². The summed E-state index contributed by atoms with van der Waals surface area (Å²) in [6.45, 7) is 3.67. The second-order valence-electron chi connectivity index (χ2n) is 15.4. The van der Waals surface area contributed by atoms with E-state index in [4.69, 9.17) is 9.05 Å². The third-order valence-electron chi connectivity index (χ3n) is 10.2. The number of aliphatic hydroxyl groups excluding tert-OH is 7. The van der Waals surface area contributed by atoms with Crippen molar-refractivity contribution in [2.75, 3.05) is 6.61 Å². The molecule has 1 saturated carbocycles. The SMILES string of the molecule is CCCCCCC/C=C/CC/C=C/CC/C=C/C(O)C(COP(=O)(O)OC1C(O)C(O)C(O)C(O)C1O)NC(=O)CC(O)CCCCCCCCCCCCC. The topological polar surface area (TPSA) is 226 Å². The van der Waals surface area contributed by atoms with E-state index in [1.54, 1.807) is 6.08 Å². The Balaban J connectivity index is 2.65. The molecule has 13 nitrogen and oxygen atoms in total. The Bertz CT molecular complexity index is 1110. The van der Waals surface area contributed by atoms with E-state index >= 15 is 0 Å². The summed E-state index contributed by atoms with van der Waals surface area (Å²) in [5.41, 5.74) is 0. The Kier molecular flexibility index (Phi) is 30.4. The van der Waals surface area contributed by atoms with Gasteiger partial charge in [-0.15, -0.1) is 0 Å². The number of unbranched alkanes of at least 4 members (excludes halogenated alkanes) is 17. The van der Waals surface area contributed by atoms with Crippen molar-refractivity contribution in [2.45, 2.75) is 216 Å². The molecule has 56 heavy (non-hydrogen) atoms. The van der Waals surface area contributed by atoms with Crippen LogP contribution in [0.3, 0.4) is 0 Å². The van der Waals surface area contributed by atoms with Crippen LogP contribution < -0.4 is 5.32 Å². The highest BCUT2D eigenvalue weighted by Crippen LogP contribution is 2.47. The standard InChI is InChI=1S/C42H78NO12P/c1-3-5-7-9-11-13-15-16-17-18-20-22-24-26-28-30-35(45)34(32-54-56(52,53)55-42-40(50)38(48)37(47)39(49)41(42)51)43-36(46)31-33(44)29-27-25-23-21-19-14-12-10-8-6-4-2/h15-16,20,22,28,30,33-35,37-42,44-45,47-51H,3-14,17-19,21,23-27,29,31-32H2,1-2H3,(H,43,46)(H,52,53)/b16-15+,22-20+,30-28+. The molecule has 0 saturated heterocycles. The van der Waals surface area contributed by atoms with Crippen LogP contribution in [0, 0.1) is 0 Å². The average molecular weight is 820 g/mol. The van der Waals surface area contributed by atoms with E-state index in [1.165, 1.54) is 83.1 Å². The van der Waals surface area contributed by atoms with Gasteiger partial charge in [0, 0.05) is 0 Å². The van der Waals surface area contributed by atoms with Gasteiger partial charge in [-0.2, -0.15) is 0 Å². The lowest BCUT2D eigenvalue weighted by atomic mass is 9.85. The number of phosphoric acid groups is 1. The zero-order valence-corrected chi connectivity index (χ0v) is 35.2. The summed E-state index contributed by atoms with van der Waals surface area (Å²) >= 11 is 0. The van der Waals surface area contributed by atoms with Gasteiger partial charge in [0.1, 0.15) is 36.6 Å². The Morgan fingerprint density at radius 3 is 1.57 bits per heavy atom. The van der Waals surface area contributed by atoms with Gasteiger partial charge >= 0.3 is 7.82 Å². The van der Waals surface area contributed by atoms with Gasteiger partial charge in [0.15, 0.2) is 0 Å². The molecule has 1 fully saturated rings. The highest BCUT2D eigenvalue weighted by Gasteiger charge is 2.51.